The summed E-state index contributed by atoms with van der Waals surface area (Å²) in [5.41, 5.74) is 0.204. The Bertz CT molecular complexity index is 697. The molecule has 2 aromatic rings. The second-order valence-electron chi connectivity index (χ2n) is 5.67. The lowest BCUT2D eigenvalue weighted by atomic mass is 9.92. The number of carbonyl (C=O) groups excluding carboxylic acids is 2. The largest absolute Gasteiger partial charge is 0.497 e. The van der Waals surface area contributed by atoms with Crippen molar-refractivity contribution in [2.75, 3.05) is 14.2 Å². The lowest BCUT2D eigenvalue weighted by molar-refractivity contribution is -0.147. The highest BCUT2D eigenvalue weighted by molar-refractivity contribution is 5.98. The Morgan fingerprint density at radius 2 is 1.62 bits per heavy atom. The minimum Gasteiger partial charge on any atom is -0.497 e. The third-order valence-electron chi connectivity index (χ3n) is 3.78. The molecule has 0 aromatic heterocycles. The number of ether oxygens (including phenoxy) is 2. The van der Waals surface area contributed by atoms with E-state index in [0.29, 0.717) is 12.0 Å². The van der Waals surface area contributed by atoms with Crippen LogP contribution < -0.4 is 10.1 Å². The fourth-order valence-corrected chi connectivity index (χ4v) is 2.46. The molecule has 0 aliphatic heterocycles. The monoisotopic (exact) mass is 327 g/mol. The van der Waals surface area contributed by atoms with Gasteiger partial charge in [0.05, 0.1) is 14.2 Å². The van der Waals surface area contributed by atoms with Gasteiger partial charge in [0, 0.05) is 12.0 Å². The number of benzene rings is 2. The van der Waals surface area contributed by atoms with Gasteiger partial charge in [-0.15, -0.1) is 0 Å². The van der Waals surface area contributed by atoms with Crippen LogP contribution in [0.25, 0.3) is 0 Å². The molecule has 5 nitrogen and oxygen atoms in total. The van der Waals surface area contributed by atoms with Crippen LogP contribution in [0, 0.1) is 0 Å². The molecule has 0 fully saturated rings. The molecule has 0 spiro atoms. The molecule has 0 unspecified atom stereocenters. The summed E-state index contributed by atoms with van der Waals surface area (Å²) >= 11 is 0. The molecule has 0 bridgehead atoms. The molecule has 0 aliphatic rings. The molecule has 1 amide bonds. The molecular weight excluding hydrogens is 306 g/mol. The van der Waals surface area contributed by atoms with Crippen molar-refractivity contribution >= 4 is 11.9 Å². The maximum Gasteiger partial charge on any atom is 0.331 e. The maximum atomic E-state index is 12.4. The summed E-state index contributed by atoms with van der Waals surface area (Å²) in [5, 5.41) is 2.79. The van der Waals surface area contributed by atoms with Crippen LogP contribution in [-0.4, -0.2) is 31.6 Å². The SMILES string of the molecule is COC(=O)[C@](C)(Cc1ccc(OC)cc1)NC(=O)c1ccccc1. The zero-order valence-electron chi connectivity index (χ0n) is 14.0. The van der Waals surface area contributed by atoms with Crippen molar-refractivity contribution in [3.05, 3.63) is 65.7 Å². The molecule has 5 heteroatoms. The van der Waals surface area contributed by atoms with Crippen molar-refractivity contribution in [1.29, 1.82) is 0 Å². The van der Waals surface area contributed by atoms with Gasteiger partial charge in [-0.1, -0.05) is 30.3 Å². The highest BCUT2D eigenvalue weighted by atomic mass is 16.5. The van der Waals surface area contributed by atoms with E-state index in [-0.39, 0.29) is 5.91 Å². The van der Waals surface area contributed by atoms with E-state index in [1.54, 1.807) is 38.3 Å². The van der Waals surface area contributed by atoms with Gasteiger partial charge < -0.3 is 14.8 Å². The van der Waals surface area contributed by atoms with Gasteiger partial charge in [-0.3, -0.25) is 4.79 Å². The molecule has 1 atom stereocenters. The lowest BCUT2D eigenvalue weighted by Crippen LogP contribution is -2.54. The highest BCUT2D eigenvalue weighted by Gasteiger charge is 2.36. The van der Waals surface area contributed by atoms with E-state index >= 15 is 0 Å². The molecule has 2 rings (SSSR count). The van der Waals surface area contributed by atoms with E-state index in [2.05, 4.69) is 5.32 Å². The van der Waals surface area contributed by atoms with E-state index in [9.17, 15) is 9.59 Å². The number of methoxy groups -OCH3 is 2. The van der Waals surface area contributed by atoms with Crippen LogP contribution in [0.15, 0.2) is 54.6 Å². The minimum absolute atomic E-state index is 0.308. The van der Waals surface area contributed by atoms with Crippen LogP contribution >= 0.6 is 0 Å². The minimum atomic E-state index is -1.17. The number of carbonyl (C=O) groups is 2. The molecule has 0 radical (unpaired) electrons. The fraction of sp³-hybridized carbons (Fsp3) is 0.263. The summed E-state index contributed by atoms with van der Waals surface area (Å²) in [7, 11) is 2.90. The maximum absolute atomic E-state index is 12.4. The second kappa shape index (κ2) is 7.64. The van der Waals surface area contributed by atoms with Gasteiger partial charge in [0.2, 0.25) is 0 Å². The standard InChI is InChI=1S/C19H21NO4/c1-19(18(22)24-3,13-14-9-11-16(23-2)12-10-14)20-17(21)15-7-5-4-6-8-15/h4-12H,13H2,1-3H3,(H,20,21)/t19-/m0/s1. The van der Waals surface area contributed by atoms with Crippen molar-refractivity contribution in [3.8, 4) is 5.75 Å². The van der Waals surface area contributed by atoms with Gasteiger partial charge in [0.15, 0.2) is 0 Å². The molecule has 126 valence electrons. The molecule has 1 N–H and O–H groups in total. The smallest absolute Gasteiger partial charge is 0.331 e. The van der Waals surface area contributed by atoms with Crippen LogP contribution in [0.4, 0.5) is 0 Å². The number of hydrogen-bond acceptors (Lipinski definition) is 4. The molecule has 2 aromatic carbocycles. The van der Waals surface area contributed by atoms with E-state index in [1.807, 2.05) is 30.3 Å². The average Bonchev–Trinajstić information content (AvgIpc) is 2.62. The summed E-state index contributed by atoms with van der Waals surface area (Å²) in [4.78, 5) is 24.7. The predicted octanol–water partition coefficient (Wildman–Crippen LogP) is 2.60. The summed E-state index contributed by atoms with van der Waals surface area (Å²) in [5.74, 6) is -0.0912. The first-order valence-corrected chi connectivity index (χ1v) is 7.57. The summed E-state index contributed by atoms with van der Waals surface area (Å²) in [6.07, 6.45) is 0.308. The van der Waals surface area contributed by atoms with Crippen LogP contribution in [0.5, 0.6) is 5.75 Å². The molecule has 0 saturated carbocycles. The van der Waals surface area contributed by atoms with Gasteiger partial charge >= 0.3 is 5.97 Å². The summed E-state index contributed by atoms with van der Waals surface area (Å²) in [6, 6.07) is 16.1. The fourth-order valence-electron chi connectivity index (χ4n) is 2.46. The van der Waals surface area contributed by atoms with E-state index in [4.69, 9.17) is 9.47 Å². The molecule has 0 saturated heterocycles. The second-order valence-corrected chi connectivity index (χ2v) is 5.67. The predicted molar refractivity (Wildman–Crippen MR) is 91.0 cm³/mol. The quantitative estimate of drug-likeness (QED) is 0.828. The third-order valence-corrected chi connectivity index (χ3v) is 3.78. The topological polar surface area (TPSA) is 64.6 Å². The first-order valence-electron chi connectivity index (χ1n) is 7.57. The van der Waals surface area contributed by atoms with E-state index in [1.165, 1.54) is 7.11 Å². The number of hydrogen-bond donors (Lipinski definition) is 1. The van der Waals surface area contributed by atoms with Crippen LogP contribution in [-0.2, 0) is 16.0 Å². The number of nitrogens with one attached hydrogen (secondary N) is 1. The number of amides is 1. The first kappa shape index (κ1) is 17.5. The van der Waals surface area contributed by atoms with Crippen molar-refractivity contribution < 1.29 is 19.1 Å². The average molecular weight is 327 g/mol. The zero-order valence-corrected chi connectivity index (χ0v) is 14.0. The molecule has 0 aliphatic carbocycles. The van der Waals surface area contributed by atoms with Gasteiger partial charge in [-0.2, -0.15) is 0 Å². The highest BCUT2D eigenvalue weighted by Crippen LogP contribution is 2.19. The Kier molecular flexibility index (Phi) is 5.58. The van der Waals surface area contributed by atoms with Gasteiger partial charge in [0.1, 0.15) is 11.3 Å². The van der Waals surface area contributed by atoms with Crippen molar-refractivity contribution in [2.45, 2.75) is 18.9 Å². The van der Waals surface area contributed by atoms with Crippen LogP contribution in [0.1, 0.15) is 22.8 Å². The Morgan fingerprint density at radius 3 is 2.17 bits per heavy atom. The summed E-state index contributed by atoms with van der Waals surface area (Å²) in [6.45, 7) is 1.66. The van der Waals surface area contributed by atoms with Crippen molar-refractivity contribution in [3.63, 3.8) is 0 Å². The molecule has 0 heterocycles. The van der Waals surface area contributed by atoms with Gasteiger partial charge in [0.25, 0.3) is 5.91 Å². The third kappa shape index (κ3) is 4.13. The molecular formula is C19H21NO4. The van der Waals surface area contributed by atoms with E-state index in [0.717, 1.165) is 11.3 Å². The Morgan fingerprint density at radius 1 is 1.00 bits per heavy atom. The van der Waals surface area contributed by atoms with E-state index < -0.39 is 11.5 Å². The van der Waals surface area contributed by atoms with Gasteiger partial charge in [-0.25, -0.2) is 4.79 Å². The normalized spacial score (nSPS) is 12.8. The molecule has 24 heavy (non-hydrogen) atoms. The number of rotatable bonds is 6. The first-order chi connectivity index (χ1) is 11.5. The Hall–Kier alpha value is -2.82. The van der Waals surface area contributed by atoms with Crippen molar-refractivity contribution in [2.24, 2.45) is 0 Å². The Labute approximate surface area is 141 Å². The van der Waals surface area contributed by atoms with Crippen LogP contribution in [0.3, 0.4) is 0 Å². The van der Waals surface area contributed by atoms with Crippen LogP contribution in [0.2, 0.25) is 0 Å². The lowest BCUT2D eigenvalue weighted by Gasteiger charge is -2.28. The summed E-state index contributed by atoms with van der Waals surface area (Å²) < 4.78 is 10.0. The Balaban J connectivity index is 2.22. The van der Waals surface area contributed by atoms with Crippen molar-refractivity contribution in [1.82, 2.24) is 5.32 Å². The zero-order chi connectivity index (χ0) is 17.6. The van der Waals surface area contributed by atoms with Gasteiger partial charge in [-0.05, 0) is 36.8 Å². The number of esters is 1.